The molecule has 1 heterocycles. The van der Waals surface area contributed by atoms with Crippen molar-refractivity contribution in [2.75, 3.05) is 5.73 Å². The summed E-state index contributed by atoms with van der Waals surface area (Å²) < 4.78 is 1.15. The van der Waals surface area contributed by atoms with E-state index in [9.17, 15) is 4.79 Å². The number of aromatic carboxylic acids is 1. The molecular formula is C9H6Cl2N4O2. The van der Waals surface area contributed by atoms with Gasteiger partial charge in [0.1, 0.15) is 0 Å². The van der Waals surface area contributed by atoms with Crippen LogP contribution >= 0.6 is 23.2 Å². The van der Waals surface area contributed by atoms with E-state index >= 15 is 0 Å². The molecule has 0 saturated heterocycles. The molecule has 1 aromatic heterocycles. The van der Waals surface area contributed by atoms with Crippen LogP contribution in [-0.2, 0) is 0 Å². The zero-order chi connectivity index (χ0) is 12.6. The molecule has 2 rings (SSSR count). The van der Waals surface area contributed by atoms with Gasteiger partial charge in [-0.15, -0.1) is 5.10 Å². The quantitative estimate of drug-likeness (QED) is 0.870. The molecule has 17 heavy (non-hydrogen) atoms. The van der Waals surface area contributed by atoms with Gasteiger partial charge in [-0.05, 0) is 18.2 Å². The Kier molecular flexibility index (Phi) is 2.91. The predicted molar refractivity (Wildman–Crippen MR) is 62.8 cm³/mol. The smallest absolute Gasteiger partial charge is 0.360 e. The Balaban J connectivity index is 2.57. The molecule has 0 aliphatic heterocycles. The second kappa shape index (κ2) is 4.23. The molecule has 0 fully saturated rings. The average molecular weight is 273 g/mol. The minimum atomic E-state index is -1.25. The summed E-state index contributed by atoms with van der Waals surface area (Å²) >= 11 is 11.6. The minimum absolute atomic E-state index is 0.0872. The molecule has 0 radical (unpaired) electrons. The molecule has 8 heteroatoms. The van der Waals surface area contributed by atoms with E-state index < -0.39 is 5.97 Å². The normalized spacial score (nSPS) is 10.5. The molecule has 0 unspecified atom stereocenters. The van der Waals surface area contributed by atoms with E-state index in [1.807, 2.05) is 0 Å². The second-order valence-electron chi connectivity index (χ2n) is 3.17. The lowest BCUT2D eigenvalue weighted by Gasteiger charge is -2.04. The van der Waals surface area contributed by atoms with Crippen molar-refractivity contribution in [3.8, 4) is 5.69 Å². The summed E-state index contributed by atoms with van der Waals surface area (Å²) in [6.45, 7) is 0. The second-order valence-corrected chi connectivity index (χ2v) is 4.04. The third kappa shape index (κ3) is 2.17. The van der Waals surface area contributed by atoms with E-state index in [0.29, 0.717) is 15.7 Å². The highest BCUT2D eigenvalue weighted by atomic mass is 35.5. The van der Waals surface area contributed by atoms with Gasteiger partial charge in [0.25, 0.3) is 0 Å². The Hall–Kier alpha value is -1.79. The largest absolute Gasteiger partial charge is 0.476 e. The number of hydrogen-bond donors (Lipinski definition) is 2. The van der Waals surface area contributed by atoms with Gasteiger partial charge in [0.15, 0.2) is 5.82 Å². The van der Waals surface area contributed by atoms with Gasteiger partial charge in [0.2, 0.25) is 5.69 Å². The third-order valence-corrected chi connectivity index (χ3v) is 2.44. The minimum Gasteiger partial charge on any atom is -0.476 e. The Morgan fingerprint density at radius 3 is 2.35 bits per heavy atom. The van der Waals surface area contributed by atoms with Gasteiger partial charge in [-0.2, -0.15) is 4.68 Å². The number of anilines is 1. The van der Waals surface area contributed by atoms with Crippen molar-refractivity contribution in [2.24, 2.45) is 0 Å². The van der Waals surface area contributed by atoms with Gasteiger partial charge in [-0.1, -0.05) is 28.4 Å². The first-order chi connectivity index (χ1) is 7.99. The highest BCUT2D eigenvalue weighted by Crippen LogP contribution is 2.23. The molecule has 6 nitrogen and oxygen atoms in total. The summed E-state index contributed by atoms with van der Waals surface area (Å²) in [6.07, 6.45) is 0. The van der Waals surface area contributed by atoms with Gasteiger partial charge < -0.3 is 10.8 Å². The van der Waals surface area contributed by atoms with Crippen molar-refractivity contribution >= 4 is 35.0 Å². The molecule has 0 atom stereocenters. The maximum absolute atomic E-state index is 10.8. The number of aromatic nitrogens is 3. The zero-order valence-electron chi connectivity index (χ0n) is 8.26. The molecule has 0 amide bonds. The number of hydrogen-bond acceptors (Lipinski definition) is 4. The predicted octanol–water partition coefficient (Wildman–Crippen LogP) is 1.85. The Morgan fingerprint density at radius 1 is 1.29 bits per heavy atom. The van der Waals surface area contributed by atoms with E-state index in [1.165, 1.54) is 6.07 Å². The van der Waals surface area contributed by atoms with Crippen LogP contribution in [0.1, 0.15) is 10.5 Å². The fourth-order valence-electron chi connectivity index (χ4n) is 1.29. The number of nitrogen functional groups attached to an aromatic ring is 1. The van der Waals surface area contributed by atoms with Crippen LogP contribution in [0.4, 0.5) is 5.82 Å². The molecule has 2 aromatic rings. The summed E-state index contributed by atoms with van der Waals surface area (Å²) in [5, 5.41) is 16.6. The zero-order valence-corrected chi connectivity index (χ0v) is 9.77. The van der Waals surface area contributed by atoms with E-state index in [4.69, 9.17) is 34.0 Å². The molecule has 3 N–H and O–H groups in total. The van der Waals surface area contributed by atoms with Crippen molar-refractivity contribution in [3.63, 3.8) is 0 Å². The average Bonchev–Trinajstić information content (AvgIpc) is 2.58. The lowest BCUT2D eigenvalue weighted by molar-refractivity contribution is 0.0691. The summed E-state index contributed by atoms with van der Waals surface area (Å²) in [5.41, 5.74) is 5.73. The highest BCUT2D eigenvalue weighted by Gasteiger charge is 2.17. The molecule has 0 spiro atoms. The first-order valence-corrected chi connectivity index (χ1v) is 5.15. The number of nitrogens with zero attached hydrogens (tertiary/aromatic N) is 3. The van der Waals surface area contributed by atoms with Gasteiger partial charge in [0.05, 0.1) is 5.69 Å². The number of carboxylic acids is 1. The summed E-state index contributed by atoms with van der Waals surface area (Å²) in [6, 6.07) is 4.63. The molecular weight excluding hydrogens is 267 g/mol. The molecule has 0 saturated carbocycles. The van der Waals surface area contributed by atoms with Gasteiger partial charge in [0, 0.05) is 10.0 Å². The van der Waals surface area contributed by atoms with Crippen molar-refractivity contribution < 1.29 is 9.90 Å². The Labute approximate surface area is 106 Å². The van der Waals surface area contributed by atoms with Crippen molar-refractivity contribution in [3.05, 3.63) is 33.9 Å². The SMILES string of the molecule is Nc1c(C(=O)O)nnn1-c1cc(Cl)cc(Cl)c1. The highest BCUT2D eigenvalue weighted by molar-refractivity contribution is 6.34. The van der Waals surface area contributed by atoms with Crippen LogP contribution < -0.4 is 5.73 Å². The number of rotatable bonds is 2. The fraction of sp³-hybridized carbons (Fsp3) is 0. The lowest BCUT2D eigenvalue weighted by Crippen LogP contribution is -2.05. The maximum atomic E-state index is 10.8. The summed E-state index contributed by atoms with van der Waals surface area (Å²) in [7, 11) is 0. The van der Waals surface area contributed by atoms with Gasteiger partial charge in [-0.3, -0.25) is 0 Å². The van der Waals surface area contributed by atoms with E-state index in [-0.39, 0.29) is 11.5 Å². The Morgan fingerprint density at radius 2 is 1.88 bits per heavy atom. The molecule has 1 aromatic carbocycles. The lowest BCUT2D eigenvalue weighted by atomic mass is 10.3. The van der Waals surface area contributed by atoms with E-state index in [2.05, 4.69) is 10.3 Å². The number of benzene rings is 1. The fourth-order valence-corrected chi connectivity index (χ4v) is 1.81. The van der Waals surface area contributed by atoms with E-state index in [1.54, 1.807) is 12.1 Å². The van der Waals surface area contributed by atoms with Crippen LogP contribution in [0.25, 0.3) is 5.69 Å². The van der Waals surface area contributed by atoms with Crippen LogP contribution in [-0.4, -0.2) is 26.1 Å². The van der Waals surface area contributed by atoms with Crippen molar-refractivity contribution in [1.29, 1.82) is 0 Å². The van der Waals surface area contributed by atoms with Crippen LogP contribution in [0.15, 0.2) is 18.2 Å². The van der Waals surface area contributed by atoms with Crippen molar-refractivity contribution in [2.45, 2.75) is 0 Å². The first-order valence-electron chi connectivity index (χ1n) is 4.40. The summed E-state index contributed by atoms with van der Waals surface area (Å²) in [4.78, 5) is 10.8. The molecule has 0 aliphatic rings. The molecule has 0 bridgehead atoms. The van der Waals surface area contributed by atoms with Crippen LogP contribution in [0.2, 0.25) is 10.0 Å². The topological polar surface area (TPSA) is 94.0 Å². The summed E-state index contributed by atoms with van der Waals surface area (Å²) in [5.74, 6) is -1.34. The monoisotopic (exact) mass is 272 g/mol. The van der Waals surface area contributed by atoms with Crippen molar-refractivity contribution in [1.82, 2.24) is 15.0 Å². The number of halogens is 2. The molecule has 0 aliphatic carbocycles. The van der Waals surface area contributed by atoms with Crippen LogP contribution in [0.5, 0.6) is 0 Å². The van der Waals surface area contributed by atoms with Crippen LogP contribution in [0, 0.1) is 0 Å². The first kappa shape index (κ1) is 11.7. The maximum Gasteiger partial charge on any atom is 0.360 e. The van der Waals surface area contributed by atoms with Gasteiger partial charge in [-0.25, -0.2) is 4.79 Å². The number of carboxylic acid groups (broad SMARTS) is 1. The standard InChI is InChI=1S/C9H6Cl2N4O2/c10-4-1-5(11)3-6(2-4)15-8(12)7(9(16)17)13-14-15/h1-3H,12H2,(H,16,17). The third-order valence-electron chi connectivity index (χ3n) is 2.00. The Bertz CT molecular complexity index is 576. The number of carbonyl (C=O) groups is 1. The number of nitrogens with two attached hydrogens (primary N) is 1. The van der Waals surface area contributed by atoms with E-state index in [0.717, 1.165) is 4.68 Å². The van der Waals surface area contributed by atoms with Gasteiger partial charge >= 0.3 is 5.97 Å². The molecule has 88 valence electrons. The van der Waals surface area contributed by atoms with Crippen LogP contribution in [0.3, 0.4) is 0 Å².